The van der Waals surface area contributed by atoms with Gasteiger partial charge < -0.3 is 4.74 Å². The van der Waals surface area contributed by atoms with Crippen LogP contribution in [0.25, 0.3) is 11.3 Å². The SMILES string of the molecule is COc1cc(C)c(-c2cc[nH]n2)cc1C. The summed E-state index contributed by atoms with van der Waals surface area (Å²) >= 11 is 0. The summed E-state index contributed by atoms with van der Waals surface area (Å²) in [5, 5.41) is 7.00. The molecular formula is C12H14N2O. The molecule has 0 amide bonds. The number of benzene rings is 1. The maximum Gasteiger partial charge on any atom is 0.122 e. The van der Waals surface area contributed by atoms with Crippen molar-refractivity contribution in [3.05, 3.63) is 35.5 Å². The number of rotatable bonds is 2. The number of aromatic amines is 1. The van der Waals surface area contributed by atoms with E-state index in [2.05, 4.69) is 23.2 Å². The lowest BCUT2D eigenvalue weighted by Gasteiger charge is -2.09. The molecule has 2 aromatic rings. The Labute approximate surface area is 89.1 Å². The highest BCUT2D eigenvalue weighted by Gasteiger charge is 2.07. The molecule has 2 rings (SSSR count). The van der Waals surface area contributed by atoms with Gasteiger partial charge in [0.2, 0.25) is 0 Å². The molecule has 3 heteroatoms. The molecule has 0 aliphatic rings. The highest BCUT2D eigenvalue weighted by molar-refractivity contribution is 5.65. The van der Waals surface area contributed by atoms with E-state index in [0.29, 0.717) is 0 Å². The fourth-order valence-electron chi connectivity index (χ4n) is 1.70. The minimum Gasteiger partial charge on any atom is -0.496 e. The zero-order chi connectivity index (χ0) is 10.8. The van der Waals surface area contributed by atoms with E-state index in [1.54, 1.807) is 7.11 Å². The third-order valence-electron chi connectivity index (χ3n) is 2.52. The van der Waals surface area contributed by atoms with Gasteiger partial charge in [-0.3, -0.25) is 5.10 Å². The second-order valence-corrected chi connectivity index (χ2v) is 3.60. The average molecular weight is 202 g/mol. The van der Waals surface area contributed by atoms with Crippen LogP contribution in [0.3, 0.4) is 0 Å². The van der Waals surface area contributed by atoms with Gasteiger partial charge in [0.15, 0.2) is 0 Å². The van der Waals surface area contributed by atoms with E-state index in [1.807, 2.05) is 25.3 Å². The molecule has 0 atom stereocenters. The first kappa shape index (κ1) is 9.77. The van der Waals surface area contributed by atoms with E-state index in [-0.39, 0.29) is 0 Å². The van der Waals surface area contributed by atoms with Crippen LogP contribution in [-0.4, -0.2) is 17.3 Å². The van der Waals surface area contributed by atoms with Gasteiger partial charge in [-0.25, -0.2) is 0 Å². The number of hydrogen-bond acceptors (Lipinski definition) is 2. The van der Waals surface area contributed by atoms with Crippen molar-refractivity contribution in [1.29, 1.82) is 0 Å². The smallest absolute Gasteiger partial charge is 0.122 e. The predicted molar refractivity (Wildman–Crippen MR) is 60.0 cm³/mol. The lowest BCUT2D eigenvalue weighted by molar-refractivity contribution is 0.411. The van der Waals surface area contributed by atoms with Crippen molar-refractivity contribution in [3.63, 3.8) is 0 Å². The topological polar surface area (TPSA) is 37.9 Å². The minimum atomic E-state index is 0.923. The van der Waals surface area contributed by atoms with Crippen LogP contribution in [0.2, 0.25) is 0 Å². The molecule has 0 aliphatic carbocycles. The molecule has 15 heavy (non-hydrogen) atoms. The predicted octanol–water partition coefficient (Wildman–Crippen LogP) is 2.70. The normalized spacial score (nSPS) is 10.3. The maximum absolute atomic E-state index is 5.27. The monoisotopic (exact) mass is 202 g/mol. The second kappa shape index (κ2) is 3.77. The Balaban J connectivity index is 2.55. The van der Waals surface area contributed by atoms with Gasteiger partial charge in [-0.05, 0) is 43.2 Å². The van der Waals surface area contributed by atoms with Crippen molar-refractivity contribution in [3.8, 4) is 17.0 Å². The highest BCUT2D eigenvalue weighted by Crippen LogP contribution is 2.28. The van der Waals surface area contributed by atoms with Crippen molar-refractivity contribution in [1.82, 2.24) is 10.2 Å². The van der Waals surface area contributed by atoms with E-state index in [0.717, 1.165) is 22.6 Å². The van der Waals surface area contributed by atoms with Crippen molar-refractivity contribution < 1.29 is 4.74 Å². The summed E-state index contributed by atoms with van der Waals surface area (Å²) in [5.74, 6) is 0.923. The van der Waals surface area contributed by atoms with Gasteiger partial charge in [0.25, 0.3) is 0 Å². The zero-order valence-electron chi connectivity index (χ0n) is 9.16. The summed E-state index contributed by atoms with van der Waals surface area (Å²) < 4.78 is 5.27. The summed E-state index contributed by atoms with van der Waals surface area (Å²) in [6.45, 7) is 4.10. The molecular weight excluding hydrogens is 188 g/mol. The first-order valence-electron chi connectivity index (χ1n) is 4.87. The van der Waals surface area contributed by atoms with Crippen LogP contribution in [0, 0.1) is 13.8 Å². The Morgan fingerprint density at radius 3 is 2.60 bits per heavy atom. The molecule has 78 valence electrons. The van der Waals surface area contributed by atoms with Crippen molar-refractivity contribution in [2.45, 2.75) is 13.8 Å². The van der Waals surface area contributed by atoms with Gasteiger partial charge in [0.05, 0.1) is 12.8 Å². The van der Waals surface area contributed by atoms with Crippen LogP contribution in [0.5, 0.6) is 5.75 Å². The van der Waals surface area contributed by atoms with Crippen LogP contribution in [0.1, 0.15) is 11.1 Å². The highest BCUT2D eigenvalue weighted by atomic mass is 16.5. The fraction of sp³-hybridized carbons (Fsp3) is 0.250. The van der Waals surface area contributed by atoms with E-state index in [9.17, 15) is 0 Å². The molecule has 0 fully saturated rings. The second-order valence-electron chi connectivity index (χ2n) is 3.60. The summed E-state index contributed by atoms with van der Waals surface area (Å²) in [6.07, 6.45) is 1.83. The van der Waals surface area contributed by atoms with Gasteiger partial charge in [0.1, 0.15) is 5.75 Å². The number of aromatic nitrogens is 2. The molecule has 0 bridgehead atoms. The quantitative estimate of drug-likeness (QED) is 0.813. The Morgan fingerprint density at radius 1 is 1.20 bits per heavy atom. The number of hydrogen-bond donors (Lipinski definition) is 1. The average Bonchev–Trinajstić information content (AvgIpc) is 2.74. The Morgan fingerprint density at radius 2 is 2.00 bits per heavy atom. The number of ether oxygens (including phenoxy) is 1. The van der Waals surface area contributed by atoms with Gasteiger partial charge in [0, 0.05) is 11.8 Å². The van der Waals surface area contributed by atoms with Gasteiger partial charge >= 0.3 is 0 Å². The van der Waals surface area contributed by atoms with E-state index in [4.69, 9.17) is 4.74 Å². The number of H-pyrrole nitrogens is 1. The molecule has 0 radical (unpaired) electrons. The first-order valence-corrected chi connectivity index (χ1v) is 4.87. The summed E-state index contributed by atoms with van der Waals surface area (Å²) in [7, 11) is 1.69. The van der Waals surface area contributed by atoms with Gasteiger partial charge in [-0.15, -0.1) is 0 Å². The molecule has 0 saturated carbocycles. The molecule has 0 aliphatic heterocycles. The van der Waals surface area contributed by atoms with E-state index in [1.165, 1.54) is 5.56 Å². The van der Waals surface area contributed by atoms with E-state index < -0.39 is 0 Å². The molecule has 1 aromatic heterocycles. The standard InChI is InChI=1S/C12H14N2O/c1-8-7-12(15-3)9(2)6-10(8)11-4-5-13-14-11/h4-7H,1-3H3,(H,13,14). The van der Waals surface area contributed by atoms with Crippen molar-refractivity contribution in [2.24, 2.45) is 0 Å². The summed E-state index contributed by atoms with van der Waals surface area (Å²) in [6, 6.07) is 6.11. The number of aryl methyl sites for hydroxylation is 2. The summed E-state index contributed by atoms with van der Waals surface area (Å²) in [5.41, 5.74) is 4.42. The number of nitrogens with zero attached hydrogens (tertiary/aromatic N) is 1. The molecule has 3 nitrogen and oxygen atoms in total. The van der Waals surface area contributed by atoms with Crippen molar-refractivity contribution >= 4 is 0 Å². The lowest BCUT2D eigenvalue weighted by Crippen LogP contribution is -1.91. The third kappa shape index (κ3) is 1.73. The van der Waals surface area contributed by atoms with Crippen LogP contribution in [0.4, 0.5) is 0 Å². The largest absolute Gasteiger partial charge is 0.496 e. The van der Waals surface area contributed by atoms with E-state index >= 15 is 0 Å². The molecule has 1 aromatic carbocycles. The molecule has 0 unspecified atom stereocenters. The lowest BCUT2D eigenvalue weighted by atomic mass is 10.0. The molecule has 1 N–H and O–H groups in total. The zero-order valence-corrected chi connectivity index (χ0v) is 9.16. The molecule has 0 saturated heterocycles. The Kier molecular flexibility index (Phi) is 2.46. The summed E-state index contributed by atoms with van der Waals surface area (Å²) in [4.78, 5) is 0. The Bertz CT molecular complexity index is 461. The van der Waals surface area contributed by atoms with Crippen LogP contribution in [-0.2, 0) is 0 Å². The third-order valence-corrected chi connectivity index (χ3v) is 2.52. The first-order chi connectivity index (χ1) is 7.22. The van der Waals surface area contributed by atoms with Crippen LogP contribution in [0.15, 0.2) is 24.4 Å². The van der Waals surface area contributed by atoms with Crippen LogP contribution < -0.4 is 4.74 Å². The maximum atomic E-state index is 5.27. The van der Waals surface area contributed by atoms with Crippen LogP contribution >= 0.6 is 0 Å². The Hall–Kier alpha value is -1.77. The minimum absolute atomic E-state index is 0.923. The number of methoxy groups -OCH3 is 1. The van der Waals surface area contributed by atoms with Gasteiger partial charge in [-0.1, -0.05) is 0 Å². The fourth-order valence-corrected chi connectivity index (χ4v) is 1.70. The van der Waals surface area contributed by atoms with Crippen molar-refractivity contribution in [2.75, 3.05) is 7.11 Å². The molecule has 0 spiro atoms. The van der Waals surface area contributed by atoms with Gasteiger partial charge in [-0.2, -0.15) is 5.10 Å². The molecule has 1 heterocycles. The number of nitrogens with one attached hydrogen (secondary N) is 1.